The third kappa shape index (κ3) is 4.28. The molecule has 4 aromatic carbocycles. The molecule has 1 spiro atoms. The van der Waals surface area contributed by atoms with E-state index in [0.717, 1.165) is 0 Å². The van der Waals surface area contributed by atoms with Crippen molar-refractivity contribution >= 4 is 44.6 Å². The molecule has 0 bridgehead atoms. The van der Waals surface area contributed by atoms with Gasteiger partial charge in [-0.15, -0.1) is 6.58 Å². The molecule has 0 unspecified atom stereocenters. The van der Waals surface area contributed by atoms with E-state index in [1.807, 2.05) is 78.9 Å². The van der Waals surface area contributed by atoms with Crippen molar-refractivity contribution in [3.05, 3.63) is 144 Å². The van der Waals surface area contributed by atoms with Crippen LogP contribution in [0.1, 0.15) is 35.6 Å². The highest BCUT2D eigenvalue weighted by Gasteiger charge is 2.65. The number of para-hydroxylation sites is 1. The molecule has 0 saturated heterocycles. The Morgan fingerprint density at radius 3 is 2.17 bits per heavy atom. The second kappa shape index (κ2) is 10.3. The molecule has 2 aliphatic heterocycles. The molecule has 6 rings (SSSR count). The lowest BCUT2D eigenvalue weighted by molar-refractivity contribution is -0.125. The van der Waals surface area contributed by atoms with Crippen LogP contribution in [-0.4, -0.2) is 20.0 Å². The minimum Gasteiger partial charge on any atom is -0.271 e. The molecule has 0 fully saturated rings. The van der Waals surface area contributed by atoms with Gasteiger partial charge in [0.25, 0.3) is 5.91 Å². The third-order valence-electron chi connectivity index (χ3n) is 7.96. The van der Waals surface area contributed by atoms with E-state index in [4.69, 9.17) is 16.7 Å². The molecule has 8 heteroatoms. The van der Waals surface area contributed by atoms with Crippen molar-refractivity contribution in [2.45, 2.75) is 24.6 Å². The first-order valence-electron chi connectivity index (χ1n) is 13.3. The van der Waals surface area contributed by atoms with Crippen LogP contribution < -0.4 is 9.31 Å². The van der Waals surface area contributed by atoms with Crippen molar-refractivity contribution in [2.75, 3.05) is 9.31 Å². The molecular formula is C33H28ClN3O3S. The molecule has 1 amide bonds. The summed E-state index contributed by atoms with van der Waals surface area (Å²) in [6.07, 6.45) is 1.72. The Morgan fingerprint density at radius 1 is 0.927 bits per heavy atom. The molecule has 4 aromatic rings. The van der Waals surface area contributed by atoms with Crippen molar-refractivity contribution in [2.24, 2.45) is 10.5 Å². The van der Waals surface area contributed by atoms with Gasteiger partial charge < -0.3 is 0 Å². The van der Waals surface area contributed by atoms with Gasteiger partial charge in [-0.05, 0) is 53.9 Å². The standard InChI is InChI=1S/C33H28ClN3O3S/c1-3-29-28-21-26(34)19-20-30(28)37(41(39,40)22-24-13-7-4-8-14-24)31(25-15-9-5-10-16-25)33(29)23(2)35-36(32(33)38)27-17-11-6-12-18-27/h3-21,29,31H,1,22H2,2H3/t29-,31-,33+/m0/s1. The summed E-state index contributed by atoms with van der Waals surface area (Å²) in [5.74, 6) is -1.19. The number of allylic oxidation sites excluding steroid dienone is 1. The quantitative estimate of drug-likeness (QED) is 0.228. The maximum absolute atomic E-state index is 14.9. The van der Waals surface area contributed by atoms with Gasteiger partial charge >= 0.3 is 0 Å². The third-order valence-corrected chi connectivity index (χ3v) is 9.90. The molecule has 0 saturated carbocycles. The Hall–Kier alpha value is -4.20. The largest absolute Gasteiger partial charge is 0.271 e. The number of anilines is 2. The highest BCUT2D eigenvalue weighted by Crippen LogP contribution is 2.61. The maximum atomic E-state index is 14.9. The van der Waals surface area contributed by atoms with Crippen molar-refractivity contribution < 1.29 is 13.2 Å². The monoisotopic (exact) mass is 581 g/mol. The van der Waals surface area contributed by atoms with Crippen LogP contribution in [0.2, 0.25) is 5.02 Å². The van der Waals surface area contributed by atoms with E-state index in [0.29, 0.717) is 38.8 Å². The van der Waals surface area contributed by atoms with Crippen molar-refractivity contribution in [3.8, 4) is 0 Å². The van der Waals surface area contributed by atoms with E-state index < -0.39 is 27.4 Å². The summed E-state index contributed by atoms with van der Waals surface area (Å²) in [4.78, 5) is 14.9. The lowest BCUT2D eigenvalue weighted by atomic mass is 9.60. The second-order valence-electron chi connectivity index (χ2n) is 10.3. The molecule has 6 nitrogen and oxygen atoms in total. The zero-order valence-electron chi connectivity index (χ0n) is 22.4. The molecule has 0 aromatic heterocycles. The summed E-state index contributed by atoms with van der Waals surface area (Å²) in [6, 6.07) is 31.7. The Bertz CT molecular complexity index is 1760. The molecule has 2 aliphatic rings. The summed E-state index contributed by atoms with van der Waals surface area (Å²) in [5, 5.41) is 6.61. The number of rotatable bonds is 6. The summed E-state index contributed by atoms with van der Waals surface area (Å²) in [5.41, 5.74) is 2.05. The van der Waals surface area contributed by atoms with Gasteiger partial charge in [0.05, 0.1) is 28.9 Å². The fourth-order valence-corrected chi connectivity index (χ4v) is 8.26. The van der Waals surface area contributed by atoms with Crippen LogP contribution in [0, 0.1) is 5.41 Å². The first-order valence-corrected chi connectivity index (χ1v) is 15.3. The smallest absolute Gasteiger partial charge is 0.262 e. The summed E-state index contributed by atoms with van der Waals surface area (Å²) in [6.45, 7) is 5.94. The Kier molecular flexibility index (Phi) is 6.80. The first-order chi connectivity index (χ1) is 19.8. The molecule has 0 radical (unpaired) electrons. The number of hydrazone groups is 1. The summed E-state index contributed by atoms with van der Waals surface area (Å²) in [7, 11) is -4.05. The fourth-order valence-electron chi connectivity index (χ4n) is 6.25. The molecule has 3 atom stereocenters. The molecular weight excluding hydrogens is 554 g/mol. The zero-order valence-corrected chi connectivity index (χ0v) is 24.0. The van der Waals surface area contributed by atoms with Gasteiger partial charge in [0, 0.05) is 10.9 Å². The van der Waals surface area contributed by atoms with Crippen LogP contribution in [0.5, 0.6) is 0 Å². The van der Waals surface area contributed by atoms with Gasteiger partial charge in [-0.25, -0.2) is 8.42 Å². The highest BCUT2D eigenvalue weighted by molar-refractivity contribution is 7.92. The Morgan fingerprint density at radius 2 is 1.54 bits per heavy atom. The summed E-state index contributed by atoms with van der Waals surface area (Å²) < 4.78 is 30.6. The minimum absolute atomic E-state index is 0.249. The number of amides is 1. The highest BCUT2D eigenvalue weighted by atomic mass is 35.5. The lowest BCUT2D eigenvalue weighted by Crippen LogP contribution is -2.58. The van der Waals surface area contributed by atoms with Gasteiger partial charge in [-0.3, -0.25) is 9.10 Å². The number of benzene rings is 4. The van der Waals surface area contributed by atoms with Crippen LogP contribution in [0.4, 0.5) is 11.4 Å². The van der Waals surface area contributed by atoms with E-state index in [9.17, 15) is 13.2 Å². The van der Waals surface area contributed by atoms with Gasteiger partial charge in [0.2, 0.25) is 10.0 Å². The van der Waals surface area contributed by atoms with Gasteiger partial charge in [-0.1, -0.05) is 96.5 Å². The normalized spacial score (nSPS) is 22.0. The van der Waals surface area contributed by atoms with Crippen LogP contribution in [-0.2, 0) is 20.6 Å². The average Bonchev–Trinajstić information content (AvgIpc) is 3.23. The number of fused-ring (bicyclic) bond motifs is 1. The predicted octanol–water partition coefficient (Wildman–Crippen LogP) is 7.11. The van der Waals surface area contributed by atoms with Crippen LogP contribution in [0.3, 0.4) is 0 Å². The van der Waals surface area contributed by atoms with E-state index in [1.54, 1.807) is 43.3 Å². The fraction of sp³-hybridized carbons (Fsp3) is 0.152. The number of carbonyl (C=O) groups excluding carboxylic acids is 1. The van der Waals surface area contributed by atoms with Gasteiger partial charge in [0.15, 0.2) is 0 Å². The Labute approximate surface area is 245 Å². The van der Waals surface area contributed by atoms with Gasteiger partial charge in [-0.2, -0.15) is 10.1 Å². The number of nitrogens with zero attached hydrogens (tertiary/aromatic N) is 3. The average molecular weight is 582 g/mol. The molecule has 206 valence electrons. The zero-order chi connectivity index (χ0) is 28.8. The number of sulfonamides is 1. The van der Waals surface area contributed by atoms with Crippen LogP contribution in [0.15, 0.2) is 127 Å². The van der Waals surface area contributed by atoms with Crippen molar-refractivity contribution in [1.82, 2.24) is 0 Å². The minimum atomic E-state index is -4.05. The second-order valence-corrected chi connectivity index (χ2v) is 12.6. The predicted molar refractivity (Wildman–Crippen MR) is 165 cm³/mol. The number of carbonyl (C=O) groups is 1. The Balaban J connectivity index is 1.67. The van der Waals surface area contributed by atoms with E-state index in [-0.39, 0.29) is 11.7 Å². The topological polar surface area (TPSA) is 70.1 Å². The molecule has 2 heterocycles. The van der Waals surface area contributed by atoms with E-state index in [2.05, 4.69) is 6.58 Å². The molecule has 0 aliphatic carbocycles. The van der Waals surface area contributed by atoms with Gasteiger partial charge in [0.1, 0.15) is 5.41 Å². The van der Waals surface area contributed by atoms with E-state index in [1.165, 1.54) is 9.31 Å². The number of halogens is 1. The van der Waals surface area contributed by atoms with Crippen LogP contribution >= 0.6 is 11.6 Å². The molecule has 0 N–H and O–H groups in total. The van der Waals surface area contributed by atoms with Crippen molar-refractivity contribution in [1.29, 1.82) is 0 Å². The van der Waals surface area contributed by atoms with Crippen molar-refractivity contribution in [3.63, 3.8) is 0 Å². The maximum Gasteiger partial charge on any atom is 0.262 e. The SMILES string of the molecule is C=C[C@H]1c2cc(Cl)ccc2N(S(=O)(=O)Cc2ccccc2)[C@@H](c2ccccc2)[C@]12C(=O)N(c1ccccc1)N=C2C. The number of hydrogen-bond donors (Lipinski definition) is 0. The van der Waals surface area contributed by atoms with Crippen LogP contribution in [0.25, 0.3) is 0 Å². The lowest BCUT2D eigenvalue weighted by Gasteiger charge is -2.51. The summed E-state index contributed by atoms with van der Waals surface area (Å²) >= 11 is 6.51. The molecule has 41 heavy (non-hydrogen) atoms. The first kappa shape index (κ1) is 27.0. The number of hydrogen-bond acceptors (Lipinski definition) is 4. The van der Waals surface area contributed by atoms with E-state index >= 15 is 0 Å².